The second-order valence-electron chi connectivity index (χ2n) is 8.78. The number of aromatic nitrogens is 2. The van der Waals surface area contributed by atoms with Gasteiger partial charge in [-0.3, -0.25) is 5.32 Å². The van der Waals surface area contributed by atoms with Crippen LogP contribution in [0.3, 0.4) is 0 Å². The fourth-order valence-corrected chi connectivity index (χ4v) is 4.06. The SMILES string of the molecule is COc1cnc(NC(=O)N2CC/C(=C\c3cccc(OCCOc4cccc(C)c4)c3)C(C)C2)cn1. The van der Waals surface area contributed by atoms with Gasteiger partial charge < -0.3 is 19.1 Å². The number of benzene rings is 2. The standard InChI is InChI=1S/C28H32N4O4/c1-20-6-4-8-24(14-20)35-12-13-36-25-9-5-7-22(16-25)15-23-10-11-32(19-21(23)2)28(33)31-26-17-30-27(34-3)18-29-26/h4-9,14-18,21H,10-13,19H2,1-3H3,(H,29,31,33)/b23-15+. The van der Waals surface area contributed by atoms with Crippen LogP contribution in [0.5, 0.6) is 17.4 Å². The third-order valence-electron chi connectivity index (χ3n) is 5.98. The molecule has 1 N–H and O–H groups in total. The van der Waals surface area contributed by atoms with Gasteiger partial charge >= 0.3 is 6.03 Å². The van der Waals surface area contributed by atoms with Crippen molar-refractivity contribution in [1.82, 2.24) is 14.9 Å². The molecule has 1 fully saturated rings. The molecule has 8 nitrogen and oxygen atoms in total. The number of aryl methyl sites for hydroxylation is 1. The molecule has 1 aliphatic heterocycles. The first kappa shape index (κ1) is 25.0. The molecule has 1 atom stereocenters. The molecule has 0 bridgehead atoms. The Balaban J connectivity index is 1.27. The molecular formula is C28H32N4O4. The van der Waals surface area contributed by atoms with E-state index < -0.39 is 0 Å². The number of likely N-dealkylation sites (tertiary alicyclic amines) is 1. The number of carbonyl (C=O) groups excluding carboxylic acids is 1. The molecule has 8 heteroatoms. The van der Waals surface area contributed by atoms with Crippen molar-refractivity contribution < 1.29 is 19.0 Å². The molecule has 3 aromatic rings. The number of urea groups is 1. The molecule has 36 heavy (non-hydrogen) atoms. The molecule has 1 saturated heterocycles. The maximum Gasteiger partial charge on any atom is 0.323 e. The number of hydrogen-bond donors (Lipinski definition) is 1. The summed E-state index contributed by atoms with van der Waals surface area (Å²) in [5, 5.41) is 2.80. The van der Waals surface area contributed by atoms with Crippen LogP contribution in [0.25, 0.3) is 6.08 Å². The van der Waals surface area contributed by atoms with Crippen molar-refractivity contribution in [1.29, 1.82) is 0 Å². The molecule has 188 valence electrons. The molecule has 1 aromatic heterocycles. The predicted octanol–water partition coefficient (Wildman–Crippen LogP) is 5.21. The first-order valence-electron chi connectivity index (χ1n) is 12.0. The van der Waals surface area contributed by atoms with Crippen LogP contribution in [0.4, 0.5) is 10.6 Å². The number of hydrogen-bond acceptors (Lipinski definition) is 6. The Hall–Kier alpha value is -4.07. The summed E-state index contributed by atoms with van der Waals surface area (Å²) in [6, 6.07) is 15.9. The molecule has 0 saturated carbocycles. The molecule has 4 rings (SSSR count). The maximum atomic E-state index is 12.7. The van der Waals surface area contributed by atoms with Gasteiger partial charge in [-0.15, -0.1) is 0 Å². The Bertz CT molecular complexity index is 1200. The van der Waals surface area contributed by atoms with E-state index in [0.717, 1.165) is 23.5 Å². The van der Waals surface area contributed by atoms with Crippen molar-refractivity contribution in [2.45, 2.75) is 20.3 Å². The molecular weight excluding hydrogens is 456 g/mol. The van der Waals surface area contributed by atoms with Crippen LogP contribution in [0, 0.1) is 12.8 Å². The average Bonchev–Trinajstić information content (AvgIpc) is 2.88. The van der Waals surface area contributed by atoms with Crippen LogP contribution >= 0.6 is 0 Å². The smallest absolute Gasteiger partial charge is 0.323 e. The molecule has 0 spiro atoms. The zero-order valence-electron chi connectivity index (χ0n) is 20.9. The Kier molecular flexibility index (Phi) is 8.39. The van der Waals surface area contributed by atoms with Gasteiger partial charge in [0, 0.05) is 13.1 Å². The van der Waals surface area contributed by atoms with Crippen LogP contribution < -0.4 is 19.5 Å². The largest absolute Gasteiger partial charge is 0.490 e. The minimum absolute atomic E-state index is 0.177. The van der Waals surface area contributed by atoms with Crippen LogP contribution in [0.15, 0.2) is 66.5 Å². The zero-order valence-corrected chi connectivity index (χ0v) is 20.9. The van der Waals surface area contributed by atoms with Crippen LogP contribution in [-0.2, 0) is 0 Å². The van der Waals surface area contributed by atoms with Gasteiger partial charge in [-0.2, -0.15) is 0 Å². The normalized spacial score (nSPS) is 16.5. The van der Waals surface area contributed by atoms with Gasteiger partial charge in [-0.05, 0) is 54.7 Å². The predicted molar refractivity (Wildman–Crippen MR) is 140 cm³/mol. The number of nitrogens with zero attached hydrogens (tertiary/aromatic N) is 3. The van der Waals surface area contributed by atoms with E-state index in [0.29, 0.717) is 38.0 Å². The summed E-state index contributed by atoms with van der Waals surface area (Å²) < 4.78 is 16.7. The Labute approximate surface area is 211 Å². The number of nitrogens with one attached hydrogen (secondary N) is 1. The minimum Gasteiger partial charge on any atom is -0.490 e. The lowest BCUT2D eigenvalue weighted by Gasteiger charge is -2.33. The van der Waals surface area contributed by atoms with E-state index >= 15 is 0 Å². The summed E-state index contributed by atoms with van der Waals surface area (Å²) >= 11 is 0. The highest BCUT2D eigenvalue weighted by Gasteiger charge is 2.24. The summed E-state index contributed by atoms with van der Waals surface area (Å²) in [6.07, 6.45) is 5.97. The minimum atomic E-state index is -0.177. The van der Waals surface area contributed by atoms with Crippen molar-refractivity contribution in [3.05, 3.63) is 77.6 Å². The van der Waals surface area contributed by atoms with E-state index in [1.165, 1.54) is 30.6 Å². The van der Waals surface area contributed by atoms with Gasteiger partial charge in [0.1, 0.15) is 24.7 Å². The molecule has 0 aliphatic carbocycles. The fraction of sp³-hybridized carbons (Fsp3) is 0.321. The van der Waals surface area contributed by atoms with Crippen molar-refractivity contribution in [2.24, 2.45) is 5.92 Å². The van der Waals surface area contributed by atoms with Gasteiger partial charge in [0.15, 0.2) is 5.82 Å². The number of piperidine rings is 1. The van der Waals surface area contributed by atoms with E-state index in [9.17, 15) is 4.79 Å². The van der Waals surface area contributed by atoms with Gasteiger partial charge in [0.2, 0.25) is 5.88 Å². The number of amides is 2. The van der Waals surface area contributed by atoms with Gasteiger partial charge in [-0.1, -0.05) is 42.8 Å². The molecule has 1 aliphatic rings. The van der Waals surface area contributed by atoms with E-state index in [1.807, 2.05) is 54.3 Å². The topological polar surface area (TPSA) is 85.8 Å². The highest BCUT2D eigenvalue weighted by Crippen LogP contribution is 2.26. The molecule has 2 amide bonds. The molecule has 0 radical (unpaired) electrons. The van der Waals surface area contributed by atoms with E-state index in [2.05, 4.69) is 34.4 Å². The zero-order chi connectivity index (χ0) is 25.3. The maximum absolute atomic E-state index is 12.7. The number of ether oxygens (including phenoxy) is 3. The monoisotopic (exact) mass is 488 g/mol. The third-order valence-corrected chi connectivity index (χ3v) is 5.98. The number of rotatable bonds is 8. The lowest BCUT2D eigenvalue weighted by molar-refractivity contribution is 0.197. The highest BCUT2D eigenvalue weighted by atomic mass is 16.5. The second-order valence-corrected chi connectivity index (χ2v) is 8.78. The summed E-state index contributed by atoms with van der Waals surface area (Å²) in [5.41, 5.74) is 3.56. The quantitative estimate of drug-likeness (QED) is 0.438. The second kappa shape index (κ2) is 12.1. The van der Waals surface area contributed by atoms with Gasteiger partial charge in [0.05, 0.1) is 19.5 Å². The van der Waals surface area contributed by atoms with Gasteiger partial charge in [0.25, 0.3) is 0 Å². The van der Waals surface area contributed by atoms with Crippen molar-refractivity contribution >= 4 is 17.9 Å². The highest BCUT2D eigenvalue weighted by molar-refractivity contribution is 5.88. The first-order chi connectivity index (χ1) is 17.5. The van der Waals surface area contributed by atoms with Crippen molar-refractivity contribution in [3.8, 4) is 17.4 Å². The van der Waals surface area contributed by atoms with E-state index in [4.69, 9.17) is 14.2 Å². The first-order valence-corrected chi connectivity index (χ1v) is 12.0. The molecule has 1 unspecified atom stereocenters. The Morgan fingerprint density at radius 1 is 1.08 bits per heavy atom. The fourth-order valence-electron chi connectivity index (χ4n) is 4.06. The number of anilines is 1. The Morgan fingerprint density at radius 3 is 2.50 bits per heavy atom. The lowest BCUT2D eigenvalue weighted by Crippen LogP contribution is -2.42. The Morgan fingerprint density at radius 2 is 1.83 bits per heavy atom. The number of methoxy groups -OCH3 is 1. The van der Waals surface area contributed by atoms with Crippen molar-refractivity contribution in [2.75, 3.05) is 38.7 Å². The molecule has 2 aromatic carbocycles. The lowest BCUT2D eigenvalue weighted by atomic mass is 9.91. The summed E-state index contributed by atoms with van der Waals surface area (Å²) in [6.45, 7) is 6.40. The van der Waals surface area contributed by atoms with E-state index in [-0.39, 0.29) is 11.9 Å². The van der Waals surface area contributed by atoms with Gasteiger partial charge in [-0.25, -0.2) is 14.8 Å². The van der Waals surface area contributed by atoms with Crippen LogP contribution in [-0.4, -0.2) is 54.3 Å². The van der Waals surface area contributed by atoms with Crippen molar-refractivity contribution in [3.63, 3.8) is 0 Å². The third kappa shape index (κ3) is 6.97. The summed E-state index contributed by atoms with van der Waals surface area (Å²) in [4.78, 5) is 22.7. The van der Waals surface area contributed by atoms with Crippen LogP contribution in [0.2, 0.25) is 0 Å². The summed E-state index contributed by atoms with van der Waals surface area (Å²) in [7, 11) is 1.52. The summed E-state index contributed by atoms with van der Waals surface area (Å²) in [5.74, 6) is 2.69. The number of carbonyl (C=O) groups is 1. The molecule has 2 heterocycles. The van der Waals surface area contributed by atoms with Crippen LogP contribution in [0.1, 0.15) is 24.5 Å². The average molecular weight is 489 g/mol. The van der Waals surface area contributed by atoms with E-state index in [1.54, 1.807) is 0 Å².